The van der Waals surface area contributed by atoms with E-state index in [0.29, 0.717) is 22.6 Å². The van der Waals surface area contributed by atoms with Crippen LogP contribution in [0.2, 0.25) is 0 Å². The zero-order valence-electron chi connectivity index (χ0n) is 10.7. The van der Waals surface area contributed by atoms with Gasteiger partial charge in [-0.25, -0.2) is 0 Å². The summed E-state index contributed by atoms with van der Waals surface area (Å²) in [7, 11) is 1.55. The van der Waals surface area contributed by atoms with Gasteiger partial charge in [0, 0.05) is 16.8 Å². The summed E-state index contributed by atoms with van der Waals surface area (Å²) in [5, 5.41) is 2.28. The molecule has 0 spiro atoms. The molecule has 0 saturated carbocycles. The summed E-state index contributed by atoms with van der Waals surface area (Å²) >= 11 is 0. The molecule has 0 amide bonds. The van der Waals surface area contributed by atoms with Gasteiger partial charge in [-0.1, -0.05) is 12.1 Å². The van der Waals surface area contributed by atoms with Gasteiger partial charge >= 0.3 is 0 Å². The van der Waals surface area contributed by atoms with Crippen LogP contribution in [0.5, 0.6) is 17.2 Å². The first-order valence-electron chi connectivity index (χ1n) is 6.20. The van der Waals surface area contributed by atoms with E-state index >= 15 is 0 Å². The van der Waals surface area contributed by atoms with Gasteiger partial charge in [0.1, 0.15) is 5.75 Å². The number of hydrogen-bond donors (Lipinski definition) is 1. The molecule has 3 aromatic rings. The summed E-state index contributed by atoms with van der Waals surface area (Å²) < 4.78 is 16.0. The predicted octanol–water partition coefficient (Wildman–Crippen LogP) is 2.42. The third-order valence-corrected chi connectivity index (χ3v) is 3.52. The predicted molar refractivity (Wildman–Crippen MR) is 74.7 cm³/mol. The lowest BCUT2D eigenvalue weighted by atomic mass is 10.1. The summed E-state index contributed by atoms with van der Waals surface area (Å²) in [5.74, 6) is 1.90. The number of ether oxygens (including phenoxy) is 3. The minimum atomic E-state index is -0.177. The zero-order chi connectivity index (χ0) is 13.7. The van der Waals surface area contributed by atoms with Gasteiger partial charge in [-0.15, -0.1) is 0 Å². The number of fused-ring (bicyclic) bond motifs is 4. The minimum Gasteiger partial charge on any atom is -0.496 e. The van der Waals surface area contributed by atoms with Crippen molar-refractivity contribution in [2.75, 3.05) is 13.9 Å². The van der Waals surface area contributed by atoms with Crippen LogP contribution in [0.25, 0.3) is 21.7 Å². The van der Waals surface area contributed by atoms with Crippen molar-refractivity contribution in [2.24, 2.45) is 0 Å². The van der Waals surface area contributed by atoms with Gasteiger partial charge in [-0.2, -0.15) is 0 Å². The summed E-state index contributed by atoms with van der Waals surface area (Å²) in [6.45, 7) is 0.205. The number of pyridine rings is 1. The molecule has 0 radical (unpaired) electrons. The van der Waals surface area contributed by atoms with Crippen molar-refractivity contribution in [1.29, 1.82) is 0 Å². The molecule has 0 saturated heterocycles. The van der Waals surface area contributed by atoms with E-state index in [1.165, 1.54) is 0 Å². The maximum atomic E-state index is 12.3. The Bertz CT molecular complexity index is 898. The third kappa shape index (κ3) is 1.40. The molecule has 1 aliphatic heterocycles. The molecule has 0 atom stereocenters. The van der Waals surface area contributed by atoms with Gasteiger partial charge in [0.15, 0.2) is 11.5 Å². The van der Waals surface area contributed by atoms with E-state index in [-0.39, 0.29) is 12.4 Å². The molecule has 1 N–H and O–H groups in total. The number of rotatable bonds is 1. The Morgan fingerprint density at radius 3 is 2.75 bits per heavy atom. The molecule has 0 aliphatic carbocycles. The lowest BCUT2D eigenvalue weighted by molar-refractivity contribution is 0.174. The summed E-state index contributed by atoms with van der Waals surface area (Å²) in [6, 6.07) is 9.21. The van der Waals surface area contributed by atoms with Crippen molar-refractivity contribution in [3.63, 3.8) is 0 Å². The highest BCUT2D eigenvalue weighted by molar-refractivity contribution is 6.08. The molecular weight excluding hydrogens is 258 g/mol. The normalized spacial score (nSPS) is 13.1. The molecule has 100 valence electrons. The molecule has 5 heteroatoms. The van der Waals surface area contributed by atoms with E-state index in [1.807, 2.05) is 18.2 Å². The van der Waals surface area contributed by atoms with Crippen molar-refractivity contribution in [1.82, 2.24) is 4.98 Å². The van der Waals surface area contributed by atoms with Gasteiger partial charge in [-0.3, -0.25) is 4.79 Å². The molecule has 0 unspecified atom stereocenters. The van der Waals surface area contributed by atoms with Gasteiger partial charge in [-0.05, 0) is 12.1 Å². The van der Waals surface area contributed by atoms with Crippen LogP contribution in [0, 0.1) is 0 Å². The second kappa shape index (κ2) is 3.90. The highest BCUT2D eigenvalue weighted by atomic mass is 16.7. The number of aromatic amines is 1. The zero-order valence-corrected chi connectivity index (χ0v) is 10.7. The lowest BCUT2D eigenvalue weighted by Crippen LogP contribution is -2.07. The van der Waals surface area contributed by atoms with E-state index < -0.39 is 0 Å². The Morgan fingerprint density at radius 2 is 1.95 bits per heavy atom. The summed E-state index contributed by atoms with van der Waals surface area (Å²) in [5.41, 5.74) is 0.545. The lowest BCUT2D eigenvalue weighted by Gasteiger charge is -2.08. The molecule has 0 fully saturated rings. The summed E-state index contributed by atoms with van der Waals surface area (Å²) in [4.78, 5) is 15.1. The second-order valence-corrected chi connectivity index (χ2v) is 4.59. The smallest absolute Gasteiger partial charge is 0.260 e. The van der Waals surface area contributed by atoms with Crippen LogP contribution >= 0.6 is 0 Å². The Balaban J connectivity index is 2.21. The highest BCUT2D eigenvalue weighted by Gasteiger charge is 2.17. The molecule has 2 heterocycles. The largest absolute Gasteiger partial charge is 0.496 e. The van der Waals surface area contributed by atoms with Crippen molar-refractivity contribution < 1.29 is 14.2 Å². The van der Waals surface area contributed by atoms with Gasteiger partial charge in [0.25, 0.3) is 5.56 Å². The monoisotopic (exact) mass is 269 g/mol. The molecule has 2 aromatic carbocycles. The Morgan fingerprint density at radius 1 is 1.15 bits per heavy atom. The Labute approximate surface area is 113 Å². The quantitative estimate of drug-likeness (QED) is 0.689. The number of hydrogen-bond acceptors (Lipinski definition) is 4. The van der Waals surface area contributed by atoms with Crippen molar-refractivity contribution in [3.8, 4) is 17.2 Å². The standard InChI is InChI=1S/C15H11NO4/c1-18-11-4-2-3-8-9-5-12-13(20-7-19-12)6-10(9)16-15(17)14(8)11/h2-6H,7H2,1H3,(H,16,17). The maximum absolute atomic E-state index is 12.3. The Hall–Kier alpha value is -2.69. The molecular formula is C15H11NO4. The summed E-state index contributed by atoms with van der Waals surface area (Å²) in [6.07, 6.45) is 0. The third-order valence-electron chi connectivity index (χ3n) is 3.52. The SMILES string of the molecule is COc1cccc2c1c(=O)[nH]c1cc3c(cc12)OCO3. The number of H-pyrrole nitrogens is 1. The first kappa shape index (κ1) is 11.2. The van der Waals surface area contributed by atoms with Gasteiger partial charge < -0.3 is 19.2 Å². The van der Waals surface area contributed by atoms with E-state index in [0.717, 1.165) is 16.3 Å². The number of benzene rings is 2. The molecule has 0 bridgehead atoms. The maximum Gasteiger partial charge on any atom is 0.260 e. The average molecular weight is 269 g/mol. The van der Waals surface area contributed by atoms with E-state index in [2.05, 4.69) is 4.98 Å². The van der Waals surface area contributed by atoms with Gasteiger partial charge in [0.2, 0.25) is 6.79 Å². The fourth-order valence-corrected chi connectivity index (χ4v) is 2.61. The van der Waals surface area contributed by atoms with Crippen LogP contribution in [0.3, 0.4) is 0 Å². The highest BCUT2D eigenvalue weighted by Crippen LogP contribution is 2.38. The fraction of sp³-hybridized carbons (Fsp3) is 0.133. The van der Waals surface area contributed by atoms with Crippen molar-refractivity contribution in [3.05, 3.63) is 40.7 Å². The van der Waals surface area contributed by atoms with E-state index in [4.69, 9.17) is 14.2 Å². The Kier molecular flexibility index (Phi) is 2.18. The van der Waals surface area contributed by atoms with Gasteiger partial charge in [0.05, 0.1) is 18.0 Å². The number of methoxy groups -OCH3 is 1. The van der Waals surface area contributed by atoms with Crippen molar-refractivity contribution >= 4 is 21.7 Å². The topological polar surface area (TPSA) is 60.6 Å². The van der Waals surface area contributed by atoms with Crippen LogP contribution < -0.4 is 19.8 Å². The van der Waals surface area contributed by atoms with Crippen LogP contribution in [0.1, 0.15) is 0 Å². The van der Waals surface area contributed by atoms with Crippen LogP contribution in [0.15, 0.2) is 35.1 Å². The first-order chi connectivity index (χ1) is 9.78. The number of nitrogens with one attached hydrogen (secondary N) is 1. The van der Waals surface area contributed by atoms with E-state index in [1.54, 1.807) is 19.2 Å². The molecule has 5 nitrogen and oxygen atoms in total. The molecule has 1 aliphatic rings. The fourth-order valence-electron chi connectivity index (χ4n) is 2.61. The first-order valence-corrected chi connectivity index (χ1v) is 6.20. The van der Waals surface area contributed by atoms with E-state index in [9.17, 15) is 4.79 Å². The van der Waals surface area contributed by atoms with Crippen LogP contribution in [-0.2, 0) is 0 Å². The van der Waals surface area contributed by atoms with Crippen LogP contribution in [0.4, 0.5) is 0 Å². The number of aromatic nitrogens is 1. The second-order valence-electron chi connectivity index (χ2n) is 4.59. The molecule has 4 rings (SSSR count). The molecule has 20 heavy (non-hydrogen) atoms. The average Bonchev–Trinajstić information content (AvgIpc) is 2.92. The van der Waals surface area contributed by atoms with Crippen molar-refractivity contribution in [2.45, 2.75) is 0 Å². The molecule has 1 aromatic heterocycles. The van der Waals surface area contributed by atoms with Crippen LogP contribution in [-0.4, -0.2) is 18.9 Å². The minimum absolute atomic E-state index is 0.177.